The van der Waals surface area contributed by atoms with Gasteiger partial charge in [-0.25, -0.2) is 14.6 Å². The van der Waals surface area contributed by atoms with Crippen LogP contribution in [0.4, 0.5) is 5.82 Å². The minimum atomic E-state index is -1.22. The number of hydrogen-bond donors (Lipinski definition) is 1. The highest BCUT2D eigenvalue weighted by atomic mass is 16.5. The van der Waals surface area contributed by atoms with Crippen LogP contribution in [0.2, 0.25) is 0 Å². The van der Waals surface area contributed by atoms with Crippen LogP contribution < -0.4 is 17.0 Å². The summed E-state index contributed by atoms with van der Waals surface area (Å²) in [5.74, 6) is -0.334. The lowest BCUT2D eigenvalue weighted by molar-refractivity contribution is 0.319. The Morgan fingerprint density at radius 3 is 2.88 bits per heavy atom. The van der Waals surface area contributed by atoms with E-state index in [0.717, 1.165) is 10.9 Å². The van der Waals surface area contributed by atoms with E-state index in [-0.39, 0.29) is 22.8 Å². The Hall–Kier alpha value is -2.71. The Morgan fingerprint density at radius 2 is 2.06 bits per heavy atom. The summed E-state index contributed by atoms with van der Waals surface area (Å²) >= 11 is 0. The van der Waals surface area contributed by atoms with Crippen molar-refractivity contribution in [3.8, 4) is 0 Å². The zero-order chi connectivity index (χ0) is 11.3. The van der Waals surface area contributed by atoms with Gasteiger partial charge in [0, 0.05) is 0 Å². The van der Waals surface area contributed by atoms with Gasteiger partial charge in [-0.1, -0.05) is 0 Å². The Kier molecular flexibility index (Phi) is 1.42. The lowest BCUT2D eigenvalue weighted by Gasteiger charge is -1.92. The summed E-state index contributed by atoms with van der Waals surface area (Å²) in [7, 11) is 0. The van der Waals surface area contributed by atoms with Crippen LogP contribution in [0.3, 0.4) is 0 Å². The Balaban J connectivity index is 2.82. The molecule has 0 unspecified atom stereocenters. The zero-order valence-electron chi connectivity index (χ0n) is 7.58. The molecule has 0 aromatic carbocycles. The average Bonchev–Trinajstić information content (AvgIpc) is 2.62. The standard InChI is InChI=1S/C7H3N5O4/c8-3-2-4-9-1-12(2)16-6(14)5(13)15-7(10-3)11-4/h1H,(H2,8,10,11). The molecule has 0 amide bonds. The highest BCUT2D eigenvalue weighted by molar-refractivity contribution is 5.82. The van der Waals surface area contributed by atoms with Gasteiger partial charge in [0.05, 0.1) is 0 Å². The smallest absolute Gasteiger partial charge is 0.382 e. The van der Waals surface area contributed by atoms with Crippen molar-refractivity contribution in [3.05, 3.63) is 27.2 Å². The fraction of sp³-hybridized carbons (Fsp3) is 0. The summed E-state index contributed by atoms with van der Waals surface area (Å²) in [5.41, 5.74) is 3.52. The summed E-state index contributed by atoms with van der Waals surface area (Å²) < 4.78 is 10.1. The number of anilines is 1. The van der Waals surface area contributed by atoms with Crippen molar-refractivity contribution in [2.24, 2.45) is 0 Å². The molecule has 0 fully saturated rings. The molecule has 9 nitrogen and oxygen atoms in total. The molecule has 0 spiro atoms. The Bertz CT molecular complexity index is 813. The summed E-state index contributed by atoms with van der Waals surface area (Å²) in [4.78, 5) is 33.5. The van der Waals surface area contributed by atoms with Gasteiger partial charge in [-0.2, -0.15) is 14.5 Å². The third-order valence-corrected chi connectivity index (χ3v) is 1.91. The monoisotopic (exact) mass is 221 g/mol. The number of nitrogen functional groups attached to an aromatic ring is 1. The van der Waals surface area contributed by atoms with E-state index < -0.39 is 11.3 Å². The maximum Gasteiger partial charge on any atom is 0.442 e. The fourth-order valence-electron chi connectivity index (χ4n) is 1.27. The van der Waals surface area contributed by atoms with Crippen LogP contribution in [-0.2, 0) is 0 Å². The van der Waals surface area contributed by atoms with Crippen LogP contribution in [0.15, 0.2) is 24.9 Å². The molecule has 2 N–H and O–H groups in total. The summed E-state index contributed by atoms with van der Waals surface area (Å²) in [6.45, 7) is 0. The van der Waals surface area contributed by atoms with Crippen LogP contribution in [0.25, 0.3) is 17.0 Å². The minimum Gasteiger partial charge on any atom is -0.382 e. The molecule has 9 heteroatoms. The third kappa shape index (κ3) is 1.02. The van der Waals surface area contributed by atoms with Crippen LogP contribution in [-0.4, -0.2) is 19.5 Å². The highest BCUT2D eigenvalue weighted by Crippen LogP contribution is 2.14. The molecular formula is C7H3N5O4. The van der Waals surface area contributed by atoms with E-state index in [1.165, 1.54) is 0 Å². The number of nitrogens with two attached hydrogens (primary N) is 1. The lowest BCUT2D eigenvalue weighted by Crippen LogP contribution is -2.20. The topological polar surface area (TPSA) is 130 Å². The molecule has 80 valence electrons. The van der Waals surface area contributed by atoms with Crippen LogP contribution in [0.5, 0.6) is 0 Å². The van der Waals surface area contributed by atoms with E-state index in [9.17, 15) is 9.59 Å². The number of fused-ring (bicyclic) bond motifs is 4. The van der Waals surface area contributed by atoms with Crippen molar-refractivity contribution < 1.29 is 8.94 Å². The van der Waals surface area contributed by atoms with Crippen LogP contribution >= 0.6 is 0 Å². The number of imidazole rings is 1. The molecule has 0 aliphatic heterocycles. The van der Waals surface area contributed by atoms with Gasteiger partial charge < -0.3 is 14.7 Å². The molecule has 0 radical (unpaired) electrons. The van der Waals surface area contributed by atoms with Crippen molar-refractivity contribution in [2.75, 3.05) is 5.73 Å². The second-order valence-electron chi connectivity index (χ2n) is 2.90. The molecule has 4 aromatic rings. The molecule has 0 aliphatic carbocycles. The predicted molar refractivity (Wildman–Crippen MR) is 49.8 cm³/mol. The fourth-order valence-corrected chi connectivity index (χ4v) is 1.27. The number of rotatable bonds is 0. The first-order chi connectivity index (χ1) is 7.65. The maximum atomic E-state index is 11.2. The molecule has 4 aromatic heterocycles. The molecule has 0 atom stereocenters. The first-order valence-electron chi connectivity index (χ1n) is 4.10. The molecule has 0 saturated carbocycles. The predicted octanol–water partition coefficient (Wildman–Crippen LogP) is -1.23. The van der Waals surface area contributed by atoms with Gasteiger partial charge in [-0.05, 0) is 0 Å². The SMILES string of the molecule is Nc1nc2nc3ncn(oc(=O)c(=O)o2)c13. The molecule has 16 heavy (non-hydrogen) atoms. The Morgan fingerprint density at radius 1 is 1.25 bits per heavy atom. The van der Waals surface area contributed by atoms with Crippen LogP contribution in [0.1, 0.15) is 0 Å². The number of hydrogen-bond acceptors (Lipinski definition) is 8. The highest BCUT2D eigenvalue weighted by Gasteiger charge is 2.11. The van der Waals surface area contributed by atoms with Gasteiger partial charge >= 0.3 is 17.1 Å². The average molecular weight is 221 g/mol. The van der Waals surface area contributed by atoms with Gasteiger partial charge in [0.25, 0.3) is 0 Å². The van der Waals surface area contributed by atoms with E-state index in [4.69, 9.17) is 5.73 Å². The van der Waals surface area contributed by atoms with Gasteiger partial charge in [0.1, 0.15) is 6.33 Å². The Labute approximate surface area is 85.1 Å². The van der Waals surface area contributed by atoms with Crippen molar-refractivity contribution in [1.29, 1.82) is 0 Å². The summed E-state index contributed by atoms with van der Waals surface area (Å²) in [6, 6.07) is 0. The number of nitrogens with zero attached hydrogens (tertiary/aromatic N) is 4. The van der Waals surface area contributed by atoms with E-state index >= 15 is 0 Å². The summed E-state index contributed by atoms with van der Waals surface area (Å²) in [6.07, 6.45) is 1.16. The second kappa shape index (κ2) is 2.66. The first-order valence-corrected chi connectivity index (χ1v) is 4.10. The number of aromatic nitrogens is 4. The normalized spacial score (nSPS) is 11.2. The van der Waals surface area contributed by atoms with Gasteiger partial charge in [0.15, 0.2) is 17.0 Å². The molecule has 4 rings (SSSR count). The van der Waals surface area contributed by atoms with E-state index in [0.29, 0.717) is 0 Å². The maximum absolute atomic E-state index is 11.2. The zero-order valence-corrected chi connectivity index (χ0v) is 7.58. The molecule has 4 bridgehead atoms. The molecular weight excluding hydrogens is 218 g/mol. The minimum absolute atomic E-state index is 0.000000000000000444. The molecule has 0 saturated heterocycles. The van der Waals surface area contributed by atoms with Gasteiger partial charge in [-0.15, -0.1) is 0 Å². The van der Waals surface area contributed by atoms with Gasteiger partial charge in [0.2, 0.25) is 0 Å². The lowest BCUT2D eigenvalue weighted by atomic mass is 10.5. The van der Waals surface area contributed by atoms with E-state index in [2.05, 4.69) is 23.9 Å². The van der Waals surface area contributed by atoms with Crippen LogP contribution in [0, 0.1) is 0 Å². The largest absolute Gasteiger partial charge is 0.442 e. The van der Waals surface area contributed by atoms with E-state index in [1.54, 1.807) is 0 Å². The van der Waals surface area contributed by atoms with Crippen molar-refractivity contribution >= 4 is 22.8 Å². The first kappa shape index (κ1) is 8.59. The summed E-state index contributed by atoms with van der Waals surface area (Å²) in [5, 5.41) is 0. The van der Waals surface area contributed by atoms with Crippen molar-refractivity contribution in [2.45, 2.75) is 0 Å². The van der Waals surface area contributed by atoms with Gasteiger partial charge in [-0.3, -0.25) is 0 Å². The molecule has 4 heterocycles. The van der Waals surface area contributed by atoms with Crippen molar-refractivity contribution in [3.63, 3.8) is 0 Å². The second-order valence-corrected chi connectivity index (χ2v) is 2.90. The van der Waals surface area contributed by atoms with E-state index in [1.807, 2.05) is 0 Å². The molecule has 0 aliphatic rings. The quantitative estimate of drug-likeness (QED) is 0.467. The third-order valence-electron chi connectivity index (χ3n) is 1.91. The van der Waals surface area contributed by atoms with Crippen molar-refractivity contribution in [1.82, 2.24) is 19.5 Å².